The van der Waals surface area contributed by atoms with Crippen LogP contribution in [0.25, 0.3) is 0 Å². The first-order chi connectivity index (χ1) is 9.88. The van der Waals surface area contributed by atoms with Crippen LogP contribution < -0.4 is 4.74 Å². The van der Waals surface area contributed by atoms with E-state index in [2.05, 4.69) is 16.1 Å². The number of rotatable bonds is 6. The molecule has 0 aliphatic heterocycles. The van der Waals surface area contributed by atoms with Crippen molar-refractivity contribution in [3.8, 4) is 5.75 Å². The predicted molar refractivity (Wildman–Crippen MR) is 68.8 cm³/mol. The van der Waals surface area contributed by atoms with Gasteiger partial charge in [-0.05, 0) is 31.2 Å². The van der Waals surface area contributed by atoms with Crippen LogP contribution in [0.5, 0.6) is 5.75 Å². The normalized spacial score (nSPS) is 9.62. The molecule has 0 fully saturated rings. The van der Waals surface area contributed by atoms with Crippen molar-refractivity contribution in [3.63, 3.8) is 0 Å². The van der Waals surface area contributed by atoms with E-state index in [1.165, 1.54) is 19.1 Å². The smallest absolute Gasteiger partial charge is 0.352 e. The summed E-state index contributed by atoms with van der Waals surface area (Å²) < 4.78 is 26.4. The summed E-state index contributed by atoms with van der Waals surface area (Å²) in [4.78, 5) is 33.5. The highest BCUT2D eigenvalue weighted by Crippen LogP contribution is 2.10. The second-order valence-electron chi connectivity index (χ2n) is 3.95. The first-order valence-corrected chi connectivity index (χ1v) is 5.83. The molecule has 0 aromatic heterocycles. The van der Waals surface area contributed by atoms with Crippen LogP contribution in [-0.2, 0) is 23.9 Å². The van der Waals surface area contributed by atoms with E-state index in [-0.39, 0.29) is 11.3 Å². The van der Waals surface area contributed by atoms with Crippen LogP contribution in [-0.4, -0.2) is 31.1 Å². The molecule has 0 aliphatic carbocycles. The van der Waals surface area contributed by atoms with Gasteiger partial charge in [0.1, 0.15) is 11.6 Å². The fraction of sp³-hybridized carbons (Fsp3) is 0.214. The highest BCUT2D eigenvalue weighted by Gasteiger charge is 2.14. The molecule has 6 nitrogen and oxygen atoms in total. The van der Waals surface area contributed by atoms with Crippen molar-refractivity contribution in [2.24, 2.45) is 0 Å². The minimum atomic E-state index is -1.03. The van der Waals surface area contributed by atoms with Crippen LogP contribution in [0, 0.1) is 5.82 Å². The predicted octanol–water partition coefficient (Wildman–Crippen LogP) is 1.39. The van der Waals surface area contributed by atoms with E-state index in [1.807, 2.05) is 0 Å². The molecular formula is C14H13FO6. The molecule has 0 bridgehead atoms. The molecule has 0 saturated carbocycles. The summed E-state index contributed by atoms with van der Waals surface area (Å²) in [6.45, 7) is 3.50. The molecule has 112 valence electrons. The first-order valence-electron chi connectivity index (χ1n) is 5.83. The molecule has 1 aromatic carbocycles. The molecule has 0 aliphatic rings. The molecule has 0 radical (unpaired) electrons. The Hall–Kier alpha value is -2.70. The second-order valence-corrected chi connectivity index (χ2v) is 3.95. The van der Waals surface area contributed by atoms with Crippen LogP contribution in [0.4, 0.5) is 4.39 Å². The number of hydrogen-bond donors (Lipinski definition) is 0. The lowest BCUT2D eigenvalue weighted by atomic mass is 10.3. The van der Waals surface area contributed by atoms with Crippen molar-refractivity contribution in [1.29, 1.82) is 0 Å². The van der Waals surface area contributed by atoms with Gasteiger partial charge in [-0.2, -0.15) is 0 Å². The molecule has 0 heterocycles. The summed E-state index contributed by atoms with van der Waals surface area (Å²) in [7, 11) is 0. The van der Waals surface area contributed by atoms with E-state index in [4.69, 9.17) is 4.74 Å². The SMILES string of the molecule is C=C(C)C(=O)OCC(=O)OC(=O)COc1ccc(F)cc1. The average molecular weight is 296 g/mol. The van der Waals surface area contributed by atoms with Gasteiger partial charge >= 0.3 is 17.9 Å². The molecule has 0 N–H and O–H groups in total. The van der Waals surface area contributed by atoms with E-state index in [1.54, 1.807) is 0 Å². The van der Waals surface area contributed by atoms with Crippen LogP contribution >= 0.6 is 0 Å². The van der Waals surface area contributed by atoms with E-state index in [0.29, 0.717) is 0 Å². The zero-order valence-corrected chi connectivity index (χ0v) is 11.3. The zero-order valence-electron chi connectivity index (χ0n) is 11.3. The Kier molecular flexibility index (Phi) is 6.06. The van der Waals surface area contributed by atoms with Gasteiger partial charge in [0.15, 0.2) is 13.2 Å². The average Bonchev–Trinajstić information content (AvgIpc) is 2.44. The van der Waals surface area contributed by atoms with Gasteiger partial charge in [0, 0.05) is 5.57 Å². The zero-order chi connectivity index (χ0) is 15.8. The Bertz CT molecular complexity index is 549. The Morgan fingerprint density at radius 2 is 1.67 bits per heavy atom. The fourth-order valence-corrected chi connectivity index (χ4v) is 1.11. The molecule has 0 unspecified atom stereocenters. The van der Waals surface area contributed by atoms with Gasteiger partial charge in [0.2, 0.25) is 0 Å². The highest BCUT2D eigenvalue weighted by atomic mass is 19.1. The Labute approximate surface area is 120 Å². The van der Waals surface area contributed by atoms with Crippen LogP contribution in [0.1, 0.15) is 6.92 Å². The topological polar surface area (TPSA) is 78.9 Å². The molecule has 0 saturated heterocycles. The van der Waals surface area contributed by atoms with E-state index in [0.717, 1.165) is 12.1 Å². The van der Waals surface area contributed by atoms with Crippen molar-refractivity contribution in [1.82, 2.24) is 0 Å². The quantitative estimate of drug-likeness (QED) is 0.448. The van der Waals surface area contributed by atoms with Gasteiger partial charge in [-0.15, -0.1) is 0 Å². The maximum Gasteiger partial charge on any atom is 0.352 e. The number of hydrogen-bond acceptors (Lipinski definition) is 6. The third-order valence-electron chi connectivity index (χ3n) is 2.07. The van der Waals surface area contributed by atoms with Gasteiger partial charge in [-0.25, -0.2) is 18.8 Å². The third-order valence-corrected chi connectivity index (χ3v) is 2.07. The molecular weight excluding hydrogens is 283 g/mol. The van der Waals surface area contributed by atoms with Crippen molar-refractivity contribution in [3.05, 3.63) is 42.2 Å². The van der Waals surface area contributed by atoms with E-state index in [9.17, 15) is 18.8 Å². The number of carbonyl (C=O) groups excluding carboxylic acids is 3. The summed E-state index contributed by atoms with van der Waals surface area (Å²) in [6, 6.07) is 4.95. The molecule has 1 aromatic rings. The van der Waals surface area contributed by atoms with Crippen molar-refractivity contribution >= 4 is 17.9 Å². The lowest BCUT2D eigenvalue weighted by Gasteiger charge is -2.06. The Morgan fingerprint density at radius 3 is 2.24 bits per heavy atom. The van der Waals surface area contributed by atoms with E-state index < -0.39 is 36.9 Å². The summed E-state index contributed by atoms with van der Waals surface area (Å²) >= 11 is 0. The minimum absolute atomic E-state index is 0.119. The lowest BCUT2D eigenvalue weighted by Crippen LogP contribution is -2.23. The van der Waals surface area contributed by atoms with Crippen molar-refractivity contribution in [2.75, 3.05) is 13.2 Å². The molecule has 21 heavy (non-hydrogen) atoms. The number of esters is 3. The third kappa shape index (κ3) is 6.33. The fourth-order valence-electron chi connectivity index (χ4n) is 1.11. The van der Waals surface area contributed by atoms with Crippen LogP contribution in [0.2, 0.25) is 0 Å². The number of halogens is 1. The minimum Gasteiger partial charge on any atom is -0.482 e. The van der Waals surface area contributed by atoms with Crippen LogP contribution in [0.15, 0.2) is 36.4 Å². The summed E-state index contributed by atoms with van der Waals surface area (Å²) in [5.74, 6) is -2.95. The first kappa shape index (κ1) is 16.4. The second kappa shape index (κ2) is 7.78. The van der Waals surface area contributed by atoms with Gasteiger partial charge in [0.05, 0.1) is 0 Å². The Balaban J connectivity index is 2.30. The standard InChI is InChI=1S/C14H13FO6/c1-9(2)14(18)20-8-13(17)21-12(16)7-19-11-5-3-10(15)4-6-11/h3-6H,1,7-8H2,2H3. The summed E-state index contributed by atoms with van der Waals surface area (Å²) in [5.41, 5.74) is 0.119. The van der Waals surface area contributed by atoms with E-state index >= 15 is 0 Å². The molecule has 1 rings (SSSR count). The molecule has 0 atom stereocenters. The lowest BCUT2D eigenvalue weighted by molar-refractivity contribution is -0.167. The number of ether oxygens (including phenoxy) is 3. The van der Waals surface area contributed by atoms with Gasteiger partial charge in [-0.1, -0.05) is 6.58 Å². The van der Waals surface area contributed by atoms with Gasteiger partial charge < -0.3 is 14.2 Å². The summed E-state index contributed by atoms with van der Waals surface area (Å²) in [5, 5.41) is 0. The Morgan fingerprint density at radius 1 is 1.10 bits per heavy atom. The number of benzene rings is 1. The van der Waals surface area contributed by atoms with Crippen molar-refractivity contribution in [2.45, 2.75) is 6.92 Å². The number of carbonyl (C=O) groups is 3. The van der Waals surface area contributed by atoms with Gasteiger partial charge in [0.25, 0.3) is 0 Å². The van der Waals surface area contributed by atoms with Crippen molar-refractivity contribution < 1.29 is 33.0 Å². The molecule has 0 amide bonds. The largest absolute Gasteiger partial charge is 0.482 e. The highest BCUT2D eigenvalue weighted by molar-refractivity contribution is 5.91. The van der Waals surface area contributed by atoms with Gasteiger partial charge in [-0.3, -0.25) is 0 Å². The maximum absolute atomic E-state index is 12.6. The monoisotopic (exact) mass is 296 g/mol. The molecule has 7 heteroatoms. The molecule has 0 spiro atoms. The summed E-state index contributed by atoms with van der Waals surface area (Å²) in [6.07, 6.45) is 0. The maximum atomic E-state index is 12.6. The van der Waals surface area contributed by atoms with Crippen LogP contribution in [0.3, 0.4) is 0 Å².